The number of benzene rings is 3. The fourth-order valence-electron chi connectivity index (χ4n) is 4.28. The molecule has 4 rings (SSSR count). The van der Waals surface area contributed by atoms with E-state index in [1.54, 1.807) is 18.9 Å². The van der Waals surface area contributed by atoms with Crippen LogP contribution >= 0.6 is 11.8 Å². The van der Waals surface area contributed by atoms with Gasteiger partial charge in [0, 0.05) is 31.5 Å². The average Bonchev–Trinajstić information content (AvgIpc) is 3.05. The van der Waals surface area contributed by atoms with Crippen molar-refractivity contribution in [2.45, 2.75) is 50.0 Å². The SMILES string of the molecule is CCC(=O)O[C@@H]1C(=O)N(CCN(C)C(=O)OCc2ccccc2)c2ccc(C)cc2S[C@@H]1c1ccc(C)cc1. The molecule has 0 radical (unpaired) electrons. The Labute approximate surface area is 234 Å². The summed E-state index contributed by atoms with van der Waals surface area (Å²) in [5.41, 5.74) is 4.69. The standard InChI is InChI=1S/C31H34N2O5S/c1-5-27(34)38-28-29(24-14-11-21(2)12-15-24)39-26-19-22(3)13-16-25(26)33(30(28)35)18-17-32(4)31(36)37-20-23-9-7-6-8-10-23/h6-16,19,28-29H,5,17-18,20H2,1-4H3/t28-,29+/m0/s1. The molecule has 0 N–H and O–H groups in total. The second-order valence-corrected chi connectivity index (χ2v) is 10.8. The summed E-state index contributed by atoms with van der Waals surface area (Å²) in [5.74, 6) is -0.752. The Bertz CT molecular complexity index is 1310. The number of esters is 1. The van der Waals surface area contributed by atoms with Crippen molar-refractivity contribution in [3.05, 3.63) is 95.1 Å². The van der Waals surface area contributed by atoms with Gasteiger partial charge in [-0.15, -0.1) is 11.8 Å². The van der Waals surface area contributed by atoms with Gasteiger partial charge in [0.2, 0.25) is 0 Å². The second-order valence-electron chi connectivity index (χ2n) is 9.64. The Balaban J connectivity index is 1.59. The van der Waals surface area contributed by atoms with Crippen LogP contribution in [0.5, 0.6) is 0 Å². The molecular formula is C31H34N2O5S. The number of anilines is 1. The van der Waals surface area contributed by atoms with E-state index < -0.39 is 23.4 Å². The Morgan fingerprint density at radius 2 is 1.67 bits per heavy atom. The van der Waals surface area contributed by atoms with Gasteiger partial charge in [-0.25, -0.2) is 4.79 Å². The summed E-state index contributed by atoms with van der Waals surface area (Å²) in [6, 6.07) is 23.3. The third kappa shape index (κ3) is 7.00. The van der Waals surface area contributed by atoms with Crippen LogP contribution in [0, 0.1) is 13.8 Å². The van der Waals surface area contributed by atoms with E-state index in [0.717, 1.165) is 32.8 Å². The Hall–Kier alpha value is -3.78. The van der Waals surface area contributed by atoms with Crippen LogP contribution in [0.25, 0.3) is 0 Å². The van der Waals surface area contributed by atoms with E-state index in [-0.39, 0.29) is 32.0 Å². The predicted octanol–water partition coefficient (Wildman–Crippen LogP) is 6.07. The lowest BCUT2D eigenvalue weighted by molar-refractivity contribution is -0.154. The molecule has 2 atom stereocenters. The molecule has 0 fully saturated rings. The van der Waals surface area contributed by atoms with Crippen LogP contribution in [0.15, 0.2) is 77.7 Å². The first kappa shape index (κ1) is 28.2. The van der Waals surface area contributed by atoms with Gasteiger partial charge in [-0.1, -0.05) is 73.2 Å². The number of hydrogen-bond donors (Lipinski definition) is 0. The molecule has 1 heterocycles. The summed E-state index contributed by atoms with van der Waals surface area (Å²) < 4.78 is 11.3. The van der Waals surface area contributed by atoms with Crippen molar-refractivity contribution >= 4 is 35.4 Å². The molecule has 204 valence electrons. The summed E-state index contributed by atoms with van der Waals surface area (Å²) >= 11 is 1.52. The van der Waals surface area contributed by atoms with Crippen LogP contribution in [0.3, 0.4) is 0 Å². The second kappa shape index (κ2) is 12.8. The Morgan fingerprint density at radius 3 is 2.36 bits per heavy atom. The molecule has 0 saturated carbocycles. The van der Waals surface area contributed by atoms with Crippen molar-refractivity contribution in [2.75, 3.05) is 25.0 Å². The minimum atomic E-state index is -1.02. The molecule has 0 spiro atoms. The smallest absolute Gasteiger partial charge is 0.409 e. The number of fused-ring (bicyclic) bond motifs is 1. The Kier molecular flexibility index (Phi) is 9.30. The number of nitrogens with zero attached hydrogens (tertiary/aromatic N) is 2. The van der Waals surface area contributed by atoms with Gasteiger partial charge in [0.1, 0.15) is 6.61 Å². The van der Waals surface area contributed by atoms with Crippen molar-refractivity contribution in [1.29, 1.82) is 0 Å². The van der Waals surface area contributed by atoms with Gasteiger partial charge in [0.25, 0.3) is 5.91 Å². The number of thioether (sulfide) groups is 1. The molecule has 0 saturated heterocycles. The third-order valence-corrected chi connectivity index (χ3v) is 7.93. The first-order chi connectivity index (χ1) is 18.8. The van der Waals surface area contributed by atoms with Crippen LogP contribution in [-0.4, -0.2) is 49.1 Å². The molecule has 39 heavy (non-hydrogen) atoms. The maximum atomic E-state index is 14.1. The summed E-state index contributed by atoms with van der Waals surface area (Å²) in [5, 5.41) is -0.423. The molecule has 0 aliphatic carbocycles. The highest BCUT2D eigenvalue weighted by molar-refractivity contribution is 7.99. The number of aryl methyl sites for hydroxylation is 2. The molecule has 8 heteroatoms. The highest BCUT2D eigenvalue weighted by Gasteiger charge is 2.41. The monoisotopic (exact) mass is 546 g/mol. The van der Waals surface area contributed by atoms with Gasteiger partial charge < -0.3 is 19.3 Å². The highest BCUT2D eigenvalue weighted by Crippen LogP contribution is 2.47. The van der Waals surface area contributed by atoms with E-state index in [9.17, 15) is 14.4 Å². The largest absolute Gasteiger partial charge is 0.451 e. The zero-order valence-electron chi connectivity index (χ0n) is 22.8. The van der Waals surface area contributed by atoms with E-state index in [1.807, 2.05) is 86.6 Å². The Morgan fingerprint density at radius 1 is 0.974 bits per heavy atom. The number of likely N-dealkylation sites (N-methyl/N-ethyl adjacent to an activating group) is 1. The van der Waals surface area contributed by atoms with Crippen molar-refractivity contribution in [1.82, 2.24) is 4.90 Å². The van der Waals surface area contributed by atoms with E-state index in [0.29, 0.717) is 0 Å². The molecule has 3 aromatic carbocycles. The molecule has 2 amide bonds. The van der Waals surface area contributed by atoms with Crippen LogP contribution in [0.2, 0.25) is 0 Å². The van der Waals surface area contributed by atoms with Gasteiger partial charge in [-0.3, -0.25) is 9.59 Å². The molecule has 1 aliphatic heterocycles. The molecule has 0 bridgehead atoms. The first-order valence-electron chi connectivity index (χ1n) is 13.0. The zero-order valence-corrected chi connectivity index (χ0v) is 23.6. The maximum absolute atomic E-state index is 14.1. The average molecular weight is 547 g/mol. The minimum Gasteiger partial charge on any atom is -0.451 e. The maximum Gasteiger partial charge on any atom is 0.409 e. The van der Waals surface area contributed by atoms with E-state index in [1.165, 1.54) is 16.7 Å². The highest BCUT2D eigenvalue weighted by atomic mass is 32.2. The molecule has 7 nitrogen and oxygen atoms in total. The summed E-state index contributed by atoms with van der Waals surface area (Å²) in [6.45, 7) is 6.34. The fraction of sp³-hybridized carbons (Fsp3) is 0.323. The van der Waals surface area contributed by atoms with Gasteiger partial charge in [-0.05, 0) is 42.7 Å². The van der Waals surface area contributed by atoms with Gasteiger partial charge in [0.15, 0.2) is 6.10 Å². The van der Waals surface area contributed by atoms with Crippen LogP contribution < -0.4 is 4.90 Å². The van der Waals surface area contributed by atoms with Gasteiger partial charge in [0.05, 0.1) is 10.9 Å². The number of rotatable bonds is 8. The van der Waals surface area contributed by atoms with Crippen molar-refractivity contribution < 1.29 is 23.9 Å². The number of carbonyl (C=O) groups excluding carboxylic acids is 3. The number of hydrogen-bond acceptors (Lipinski definition) is 6. The predicted molar refractivity (Wildman–Crippen MR) is 153 cm³/mol. The van der Waals surface area contributed by atoms with Crippen molar-refractivity contribution in [3.8, 4) is 0 Å². The topological polar surface area (TPSA) is 76.2 Å². The lowest BCUT2D eigenvalue weighted by Crippen LogP contribution is -2.46. The molecule has 0 unspecified atom stereocenters. The van der Waals surface area contributed by atoms with E-state index in [4.69, 9.17) is 9.47 Å². The summed E-state index contributed by atoms with van der Waals surface area (Å²) in [6.07, 6.45) is -1.34. The summed E-state index contributed by atoms with van der Waals surface area (Å²) in [7, 11) is 1.64. The number of carbonyl (C=O) groups is 3. The zero-order chi connectivity index (χ0) is 27.9. The normalized spacial score (nSPS) is 16.7. The molecule has 1 aliphatic rings. The summed E-state index contributed by atoms with van der Waals surface area (Å²) in [4.78, 5) is 43.2. The van der Waals surface area contributed by atoms with Gasteiger partial charge in [-0.2, -0.15) is 0 Å². The van der Waals surface area contributed by atoms with E-state index >= 15 is 0 Å². The molecule has 3 aromatic rings. The quantitative estimate of drug-likeness (QED) is 0.319. The van der Waals surface area contributed by atoms with Crippen molar-refractivity contribution in [3.63, 3.8) is 0 Å². The van der Waals surface area contributed by atoms with E-state index in [2.05, 4.69) is 0 Å². The lowest BCUT2D eigenvalue weighted by atomic mass is 10.0. The minimum absolute atomic E-state index is 0.164. The van der Waals surface area contributed by atoms with Crippen molar-refractivity contribution in [2.24, 2.45) is 0 Å². The van der Waals surface area contributed by atoms with Gasteiger partial charge >= 0.3 is 12.1 Å². The van der Waals surface area contributed by atoms with Crippen LogP contribution in [0.1, 0.15) is 40.8 Å². The van der Waals surface area contributed by atoms with Crippen LogP contribution in [0.4, 0.5) is 10.5 Å². The molecular weight excluding hydrogens is 512 g/mol. The third-order valence-electron chi connectivity index (χ3n) is 6.57. The molecule has 0 aromatic heterocycles. The van der Waals surface area contributed by atoms with Crippen LogP contribution in [-0.2, 0) is 25.7 Å². The number of ether oxygens (including phenoxy) is 2. The number of amides is 2. The fourth-order valence-corrected chi connectivity index (χ4v) is 5.69. The lowest BCUT2D eigenvalue weighted by Gasteiger charge is -2.29. The first-order valence-corrected chi connectivity index (χ1v) is 13.9.